The van der Waals surface area contributed by atoms with Crippen LogP contribution in [0.3, 0.4) is 0 Å². The van der Waals surface area contributed by atoms with Gasteiger partial charge in [0.2, 0.25) is 5.91 Å². The molecule has 0 atom stereocenters. The molecule has 2 aliphatic rings. The van der Waals surface area contributed by atoms with Gasteiger partial charge in [0, 0.05) is 25.4 Å². The summed E-state index contributed by atoms with van der Waals surface area (Å²) in [6.45, 7) is 5.99. The van der Waals surface area contributed by atoms with Crippen LogP contribution in [0.4, 0.5) is 0 Å². The third-order valence-electron chi connectivity index (χ3n) is 6.78. The van der Waals surface area contributed by atoms with Gasteiger partial charge in [-0.3, -0.25) is 4.79 Å². The smallest absolute Gasteiger partial charge is 0.246 e. The number of aryl methyl sites for hydroxylation is 2. The van der Waals surface area contributed by atoms with Gasteiger partial charge in [-0.05, 0) is 61.6 Å². The van der Waals surface area contributed by atoms with E-state index in [0.29, 0.717) is 19.7 Å². The number of piperidine rings is 1. The first-order valence-electron chi connectivity index (χ1n) is 11.4. The fourth-order valence-corrected chi connectivity index (χ4v) is 5.02. The van der Waals surface area contributed by atoms with Crippen LogP contribution in [-0.4, -0.2) is 40.6 Å². The summed E-state index contributed by atoms with van der Waals surface area (Å²) >= 11 is 0. The predicted molar refractivity (Wildman–Crippen MR) is 127 cm³/mol. The van der Waals surface area contributed by atoms with Crippen molar-refractivity contribution in [1.29, 1.82) is 0 Å². The Bertz CT molecular complexity index is 1220. The maximum absolute atomic E-state index is 12.9. The van der Waals surface area contributed by atoms with Gasteiger partial charge in [-0.15, -0.1) is 0 Å². The van der Waals surface area contributed by atoms with Crippen LogP contribution in [0.25, 0.3) is 11.8 Å². The zero-order chi connectivity index (χ0) is 23.0. The molecule has 2 aliphatic heterocycles. The van der Waals surface area contributed by atoms with Crippen molar-refractivity contribution in [2.75, 3.05) is 20.2 Å². The Kier molecular flexibility index (Phi) is 5.54. The van der Waals surface area contributed by atoms with Crippen LogP contribution in [0.15, 0.2) is 54.7 Å². The molecule has 0 aliphatic carbocycles. The number of aromatic nitrogens is 2. The van der Waals surface area contributed by atoms with Gasteiger partial charge in [0.25, 0.3) is 0 Å². The van der Waals surface area contributed by atoms with Gasteiger partial charge in [0.1, 0.15) is 11.6 Å². The van der Waals surface area contributed by atoms with Crippen LogP contribution >= 0.6 is 0 Å². The van der Waals surface area contributed by atoms with E-state index in [1.54, 1.807) is 13.2 Å². The molecule has 3 heterocycles. The van der Waals surface area contributed by atoms with E-state index in [0.717, 1.165) is 41.4 Å². The Labute approximate surface area is 194 Å². The van der Waals surface area contributed by atoms with Gasteiger partial charge < -0.3 is 18.9 Å². The number of benzene rings is 2. The first kappa shape index (κ1) is 21.5. The molecular weight excluding hydrogens is 414 g/mol. The van der Waals surface area contributed by atoms with E-state index >= 15 is 0 Å². The Morgan fingerprint density at radius 2 is 1.94 bits per heavy atom. The van der Waals surface area contributed by atoms with Crippen LogP contribution < -0.4 is 4.74 Å². The summed E-state index contributed by atoms with van der Waals surface area (Å²) in [5, 5.41) is 0. The van der Waals surface area contributed by atoms with Crippen LogP contribution in [0.2, 0.25) is 0 Å². The number of carbonyl (C=O) groups is 1. The second kappa shape index (κ2) is 8.52. The number of fused-ring (bicyclic) bond motifs is 2. The number of likely N-dealkylation sites (tertiary alicyclic amines) is 1. The molecule has 6 nitrogen and oxygen atoms in total. The molecule has 33 heavy (non-hydrogen) atoms. The van der Waals surface area contributed by atoms with Crippen LogP contribution in [0.5, 0.6) is 5.75 Å². The summed E-state index contributed by atoms with van der Waals surface area (Å²) in [6.07, 6.45) is 7.16. The number of imidazole rings is 1. The molecule has 1 spiro atoms. The van der Waals surface area contributed by atoms with Gasteiger partial charge in [-0.1, -0.05) is 30.3 Å². The van der Waals surface area contributed by atoms with Crippen molar-refractivity contribution in [3.05, 3.63) is 82.9 Å². The van der Waals surface area contributed by atoms with Crippen molar-refractivity contribution in [3.8, 4) is 11.4 Å². The van der Waals surface area contributed by atoms with Gasteiger partial charge in [-0.2, -0.15) is 0 Å². The van der Waals surface area contributed by atoms with Crippen LogP contribution in [0.1, 0.15) is 41.1 Å². The SMILES string of the molecule is COc1cc(/C=C/C(=O)N2CCC3(CC2)OCc2ccccc23)ccc1-n1cc(C)nc1C. The second-order valence-electron chi connectivity index (χ2n) is 8.83. The predicted octanol–water partition coefficient (Wildman–Crippen LogP) is 4.56. The Morgan fingerprint density at radius 3 is 2.67 bits per heavy atom. The fraction of sp³-hybridized carbons (Fsp3) is 0.333. The number of carbonyl (C=O) groups excluding carboxylic acids is 1. The highest BCUT2D eigenvalue weighted by atomic mass is 16.5. The highest BCUT2D eigenvalue weighted by molar-refractivity contribution is 5.92. The number of hydrogen-bond acceptors (Lipinski definition) is 4. The highest BCUT2D eigenvalue weighted by Crippen LogP contribution is 2.44. The van der Waals surface area contributed by atoms with Crippen molar-refractivity contribution in [2.45, 2.75) is 38.9 Å². The topological polar surface area (TPSA) is 56.6 Å². The minimum atomic E-state index is -0.232. The maximum atomic E-state index is 12.9. The molecule has 2 aromatic carbocycles. The molecule has 0 saturated carbocycles. The van der Waals surface area contributed by atoms with E-state index in [2.05, 4.69) is 29.2 Å². The van der Waals surface area contributed by atoms with Gasteiger partial charge in [-0.25, -0.2) is 4.98 Å². The van der Waals surface area contributed by atoms with Crippen molar-refractivity contribution < 1.29 is 14.3 Å². The normalized spacial score (nSPS) is 17.0. The molecule has 170 valence electrons. The zero-order valence-corrected chi connectivity index (χ0v) is 19.4. The second-order valence-corrected chi connectivity index (χ2v) is 8.83. The molecule has 3 aromatic rings. The maximum Gasteiger partial charge on any atom is 0.246 e. The monoisotopic (exact) mass is 443 g/mol. The largest absolute Gasteiger partial charge is 0.495 e. The first-order valence-corrected chi connectivity index (χ1v) is 11.4. The molecule has 1 aromatic heterocycles. The van der Waals surface area contributed by atoms with Gasteiger partial charge >= 0.3 is 0 Å². The average molecular weight is 444 g/mol. The minimum Gasteiger partial charge on any atom is -0.495 e. The zero-order valence-electron chi connectivity index (χ0n) is 19.4. The van der Waals surface area contributed by atoms with Crippen molar-refractivity contribution in [1.82, 2.24) is 14.5 Å². The number of ether oxygens (including phenoxy) is 2. The van der Waals surface area contributed by atoms with E-state index in [-0.39, 0.29) is 11.5 Å². The van der Waals surface area contributed by atoms with Crippen molar-refractivity contribution in [3.63, 3.8) is 0 Å². The number of amides is 1. The third kappa shape index (κ3) is 3.95. The van der Waals surface area contributed by atoms with Crippen molar-refractivity contribution in [2.24, 2.45) is 0 Å². The minimum absolute atomic E-state index is 0.0280. The lowest BCUT2D eigenvalue weighted by Crippen LogP contribution is -2.44. The van der Waals surface area contributed by atoms with Gasteiger partial charge in [0.15, 0.2) is 0 Å². The van der Waals surface area contributed by atoms with Crippen molar-refractivity contribution >= 4 is 12.0 Å². The molecule has 6 heteroatoms. The molecule has 1 fully saturated rings. The molecule has 0 radical (unpaired) electrons. The molecule has 0 N–H and O–H groups in total. The number of nitrogens with zero attached hydrogens (tertiary/aromatic N) is 3. The lowest BCUT2D eigenvalue weighted by atomic mass is 9.84. The number of rotatable bonds is 4. The van der Waals surface area contributed by atoms with Gasteiger partial charge in [0.05, 0.1) is 30.7 Å². The molecule has 1 saturated heterocycles. The third-order valence-corrected chi connectivity index (χ3v) is 6.78. The Morgan fingerprint density at radius 1 is 1.15 bits per heavy atom. The molecule has 1 amide bonds. The first-order chi connectivity index (χ1) is 16.0. The number of methoxy groups -OCH3 is 1. The fourth-order valence-electron chi connectivity index (χ4n) is 5.02. The van der Waals surface area contributed by atoms with E-state index in [1.807, 2.05) is 53.8 Å². The van der Waals surface area contributed by atoms with E-state index < -0.39 is 0 Å². The van der Waals surface area contributed by atoms with E-state index in [4.69, 9.17) is 9.47 Å². The summed E-state index contributed by atoms with van der Waals surface area (Å²) in [4.78, 5) is 19.2. The molecular formula is C27H29N3O3. The summed E-state index contributed by atoms with van der Waals surface area (Å²) in [5.41, 5.74) is 5.14. The summed E-state index contributed by atoms with van der Waals surface area (Å²) < 4.78 is 13.8. The Balaban J connectivity index is 1.27. The molecule has 0 unspecified atom stereocenters. The summed E-state index contributed by atoms with van der Waals surface area (Å²) in [7, 11) is 1.66. The Hall–Kier alpha value is -3.38. The average Bonchev–Trinajstić information content (AvgIpc) is 3.37. The number of hydrogen-bond donors (Lipinski definition) is 0. The molecule has 0 bridgehead atoms. The van der Waals surface area contributed by atoms with Crippen LogP contribution in [-0.2, 0) is 21.7 Å². The van der Waals surface area contributed by atoms with E-state index in [1.165, 1.54) is 11.1 Å². The van der Waals surface area contributed by atoms with Crippen LogP contribution in [0, 0.1) is 13.8 Å². The quantitative estimate of drug-likeness (QED) is 0.555. The van der Waals surface area contributed by atoms with E-state index in [9.17, 15) is 4.79 Å². The molecule has 5 rings (SSSR count). The lowest BCUT2D eigenvalue weighted by Gasteiger charge is -2.39. The lowest BCUT2D eigenvalue weighted by molar-refractivity contribution is -0.133. The standard InChI is InChI=1S/C27H29N3O3/c1-19-17-30(20(2)28-19)24-10-8-21(16-25(24)32-3)9-11-26(31)29-14-12-27(13-15-29)23-7-5-4-6-22(23)18-33-27/h4-11,16-17H,12-15,18H2,1-3H3/b11-9+. The summed E-state index contributed by atoms with van der Waals surface area (Å²) in [6, 6.07) is 14.4. The summed E-state index contributed by atoms with van der Waals surface area (Å²) in [5.74, 6) is 1.67. The highest BCUT2D eigenvalue weighted by Gasteiger charge is 2.42.